The van der Waals surface area contributed by atoms with Gasteiger partial charge in [0.05, 0.1) is 18.2 Å². The van der Waals surface area contributed by atoms with Gasteiger partial charge < -0.3 is 9.55 Å². The number of fused-ring (bicyclic) bond motifs is 1. The smallest absolute Gasteiger partial charge is 0.0951 e. The molecular formula is C19H16BrN3. The zero-order valence-corrected chi connectivity index (χ0v) is 14.1. The van der Waals surface area contributed by atoms with Gasteiger partial charge in [-0.1, -0.05) is 52.3 Å². The number of hydrogen-bond acceptors (Lipinski definition) is 1. The second-order valence-electron chi connectivity index (χ2n) is 5.60. The van der Waals surface area contributed by atoms with Crippen LogP contribution in [0.5, 0.6) is 0 Å². The zero-order valence-electron chi connectivity index (χ0n) is 12.5. The fourth-order valence-corrected chi connectivity index (χ4v) is 3.29. The van der Waals surface area contributed by atoms with E-state index >= 15 is 0 Å². The number of aromatic amines is 1. The highest BCUT2D eigenvalue weighted by molar-refractivity contribution is 9.10. The summed E-state index contributed by atoms with van der Waals surface area (Å²) in [5, 5.41) is 1.22. The molecule has 2 aromatic heterocycles. The first-order chi connectivity index (χ1) is 11.3. The van der Waals surface area contributed by atoms with Gasteiger partial charge in [-0.3, -0.25) is 0 Å². The van der Waals surface area contributed by atoms with Crippen molar-refractivity contribution >= 4 is 26.8 Å². The Morgan fingerprint density at radius 1 is 1.09 bits per heavy atom. The average molecular weight is 366 g/mol. The van der Waals surface area contributed by atoms with E-state index in [-0.39, 0.29) is 0 Å². The number of aryl methyl sites for hydroxylation is 2. The first kappa shape index (κ1) is 14.3. The van der Waals surface area contributed by atoms with Crippen molar-refractivity contribution in [1.29, 1.82) is 0 Å². The lowest BCUT2D eigenvalue weighted by Crippen LogP contribution is -2.01. The van der Waals surface area contributed by atoms with Crippen molar-refractivity contribution in [2.75, 3.05) is 0 Å². The maximum atomic E-state index is 4.35. The van der Waals surface area contributed by atoms with E-state index in [9.17, 15) is 0 Å². The predicted molar refractivity (Wildman–Crippen MR) is 97.4 cm³/mol. The number of imidazole rings is 1. The van der Waals surface area contributed by atoms with Gasteiger partial charge in [0, 0.05) is 33.7 Å². The SMILES string of the molecule is Brc1ccc2c(-c3cncn3CCc3ccccc3)c[nH]c2c1. The summed E-state index contributed by atoms with van der Waals surface area (Å²) in [5.41, 5.74) is 4.81. The lowest BCUT2D eigenvalue weighted by atomic mass is 10.1. The summed E-state index contributed by atoms with van der Waals surface area (Å²) in [7, 11) is 0. The number of hydrogen-bond donors (Lipinski definition) is 1. The van der Waals surface area contributed by atoms with Crippen LogP contribution in [0.3, 0.4) is 0 Å². The summed E-state index contributed by atoms with van der Waals surface area (Å²) >= 11 is 3.52. The van der Waals surface area contributed by atoms with Crippen molar-refractivity contribution in [3.05, 3.63) is 77.3 Å². The minimum atomic E-state index is 0.919. The summed E-state index contributed by atoms with van der Waals surface area (Å²) < 4.78 is 3.30. The van der Waals surface area contributed by atoms with Gasteiger partial charge in [-0.15, -0.1) is 0 Å². The fraction of sp³-hybridized carbons (Fsp3) is 0.105. The number of H-pyrrole nitrogens is 1. The molecule has 0 bridgehead atoms. The van der Waals surface area contributed by atoms with E-state index in [1.165, 1.54) is 16.5 Å². The molecule has 4 heteroatoms. The summed E-state index contributed by atoms with van der Waals surface area (Å²) in [5.74, 6) is 0. The molecule has 0 saturated carbocycles. The number of aromatic nitrogens is 3. The third-order valence-corrected chi connectivity index (χ3v) is 4.61. The number of halogens is 1. The first-order valence-corrected chi connectivity index (χ1v) is 8.41. The van der Waals surface area contributed by atoms with Crippen LogP contribution in [-0.4, -0.2) is 14.5 Å². The maximum absolute atomic E-state index is 4.35. The van der Waals surface area contributed by atoms with Gasteiger partial charge in [-0.2, -0.15) is 0 Å². The molecule has 2 aromatic carbocycles. The van der Waals surface area contributed by atoms with Gasteiger partial charge >= 0.3 is 0 Å². The van der Waals surface area contributed by atoms with E-state index in [1.54, 1.807) is 0 Å². The Balaban J connectivity index is 1.66. The molecule has 0 aliphatic carbocycles. The highest BCUT2D eigenvalue weighted by atomic mass is 79.9. The van der Waals surface area contributed by atoms with Crippen molar-refractivity contribution in [2.45, 2.75) is 13.0 Å². The molecule has 4 aromatic rings. The van der Waals surface area contributed by atoms with Crippen LogP contribution in [0.1, 0.15) is 5.56 Å². The lowest BCUT2D eigenvalue weighted by molar-refractivity contribution is 0.702. The van der Waals surface area contributed by atoms with Gasteiger partial charge in [0.2, 0.25) is 0 Å². The minimum absolute atomic E-state index is 0.919. The van der Waals surface area contributed by atoms with Gasteiger partial charge in [0.1, 0.15) is 0 Å². The summed E-state index contributed by atoms with van der Waals surface area (Å²) in [4.78, 5) is 7.70. The third-order valence-electron chi connectivity index (χ3n) is 4.12. The van der Waals surface area contributed by atoms with Crippen LogP contribution < -0.4 is 0 Å². The number of nitrogens with one attached hydrogen (secondary N) is 1. The number of nitrogens with zero attached hydrogens (tertiary/aromatic N) is 2. The Hall–Kier alpha value is -2.33. The first-order valence-electron chi connectivity index (χ1n) is 7.62. The molecule has 0 fully saturated rings. The van der Waals surface area contributed by atoms with Crippen LogP contribution in [0, 0.1) is 0 Å². The molecule has 1 N–H and O–H groups in total. The van der Waals surface area contributed by atoms with Gasteiger partial charge in [0.25, 0.3) is 0 Å². The second-order valence-corrected chi connectivity index (χ2v) is 6.52. The Morgan fingerprint density at radius 3 is 2.83 bits per heavy atom. The summed E-state index contributed by atoms with van der Waals surface area (Å²) in [6, 6.07) is 16.9. The third kappa shape index (κ3) is 2.82. The van der Waals surface area contributed by atoms with Crippen LogP contribution in [0.2, 0.25) is 0 Å². The Kier molecular flexibility index (Phi) is 3.75. The molecule has 0 aliphatic rings. The average Bonchev–Trinajstić information content (AvgIpc) is 3.19. The van der Waals surface area contributed by atoms with Crippen LogP contribution in [0.4, 0.5) is 0 Å². The van der Waals surface area contributed by atoms with Crippen molar-refractivity contribution in [3.8, 4) is 11.3 Å². The van der Waals surface area contributed by atoms with Crippen LogP contribution in [-0.2, 0) is 13.0 Å². The zero-order chi connectivity index (χ0) is 15.6. The molecule has 0 aliphatic heterocycles. The topological polar surface area (TPSA) is 33.6 Å². The summed E-state index contributed by atoms with van der Waals surface area (Å²) in [6.07, 6.45) is 6.91. The molecule has 23 heavy (non-hydrogen) atoms. The monoisotopic (exact) mass is 365 g/mol. The molecule has 0 unspecified atom stereocenters. The standard InChI is InChI=1S/C19H16BrN3/c20-15-6-7-16-17(11-22-18(16)10-15)19-12-21-13-23(19)9-8-14-4-2-1-3-5-14/h1-7,10-13,22H,8-9H2. The van der Waals surface area contributed by atoms with Gasteiger partial charge in [0.15, 0.2) is 0 Å². The fourth-order valence-electron chi connectivity index (χ4n) is 2.93. The normalized spacial score (nSPS) is 11.2. The Bertz CT molecular complexity index is 938. The Morgan fingerprint density at radius 2 is 1.96 bits per heavy atom. The van der Waals surface area contributed by atoms with E-state index in [2.05, 4.69) is 85.2 Å². The largest absolute Gasteiger partial charge is 0.360 e. The van der Waals surface area contributed by atoms with E-state index < -0.39 is 0 Å². The predicted octanol–water partition coefficient (Wildman–Crippen LogP) is 5.04. The van der Waals surface area contributed by atoms with Crippen LogP contribution in [0.25, 0.3) is 22.2 Å². The number of rotatable bonds is 4. The van der Waals surface area contributed by atoms with Crippen LogP contribution >= 0.6 is 15.9 Å². The summed E-state index contributed by atoms with van der Waals surface area (Å²) in [6.45, 7) is 0.919. The van der Waals surface area contributed by atoms with E-state index in [0.29, 0.717) is 0 Å². The molecule has 0 spiro atoms. The molecule has 0 saturated heterocycles. The minimum Gasteiger partial charge on any atom is -0.360 e. The quantitative estimate of drug-likeness (QED) is 0.540. The second kappa shape index (κ2) is 6.05. The Labute approximate surface area is 143 Å². The van der Waals surface area contributed by atoms with Gasteiger partial charge in [-0.25, -0.2) is 4.98 Å². The molecule has 0 atom stereocenters. The van der Waals surface area contributed by atoms with Crippen molar-refractivity contribution in [3.63, 3.8) is 0 Å². The lowest BCUT2D eigenvalue weighted by Gasteiger charge is -2.08. The van der Waals surface area contributed by atoms with Crippen LogP contribution in [0.15, 0.2) is 71.7 Å². The van der Waals surface area contributed by atoms with Crippen molar-refractivity contribution in [1.82, 2.24) is 14.5 Å². The molecule has 4 rings (SSSR count). The number of benzene rings is 2. The van der Waals surface area contributed by atoms with Crippen molar-refractivity contribution < 1.29 is 0 Å². The van der Waals surface area contributed by atoms with Crippen molar-refractivity contribution in [2.24, 2.45) is 0 Å². The molecule has 0 radical (unpaired) electrons. The molecule has 2 heterocycles. The van der Waals surface area contributed by atoms with E-state index in [4.69, 9.17) is 0 Å². The van der Waals surface area contributed by atoms with E-state index in [0.717, 1.165) is 28.6 Å². The molecule has 3 nitrogen and oxygen atoms in total. The molecule has 0 amide bonds. The molecule has 114 valence electrons. The maximum Gasteiger partial charge on any atom is 0.0951 e. The van der Waals surface area contributed by atoms with Gasteiger partial charge in [-0.05, 0) is 24.1 Å². The van der Waals surface area contributed by atoms with E-state index in [1.807, 2.05) is 12.5 Å². The highest BCUT2D eigenvalue weighted by Crippen LogP contribution is 2.30. The highest BCUT2D eigenvalue weighted by Gasteiger charge is 2.11. The molecular weight excluding hydrogens is 350 g/mol.